The maximum atomic E-state index is 11.7. The molecule has 0 atom stereocenters. The zero-order valence-corrected chi connectivity index (χ0v) is 10.6. The molecule has 7 nitrogen and oxygen atoms in total. The summed E-state index contributed by atoms with van der Waals surface area (Å²) in [6.07, 6.45) is 2.04. The third-order valence-electron chi connectivity index (χ3n) is 2.98. The molecule has 1 aliphatic heterocycles. The summed E-state index contributed by atoms with van der Waals surface area (Å²) in [4.78, 5) is 24.0. The lowest BCUT2D eigenvalue weighted by molar-refractivity contribution is -0.131. The van der Waals surface area contributed by atoms with E-state index in [4.69, 9.17) is 0 Å². The second kappa shape index (κ2) is 5.16. The van der Waals surface area contributed by atoms with E-state index < -0.39 is 0 Å². The van der Waals surface area contributed by atoms with Crippen LogP contribution in [-0.2, 0) is 29.1 Å². The maximum Gasteiger partial charge on any atom is 0.242 e. The molecule has 0 unspecified atom stereocenters. The Labute approximate surface area is 105 Å². The van der Waals surface area contributed by atoms with Gasteiger partial charge in [-0.1, -0.05) is 0 Å². The third-order valence-corrected chi connectivity index (χ3v) is 2.98. The van der Waals surface area contributed by atoms with Crippen LogP contribution in [0.3, 0.4) is 0 Å². The van der Waals surface area contributed by atoms with Crippen LogP contribution in [-0.4, -0.2) is 45.1 Å². The van der Waals surface area contributed by atoms with Gasteiger partial charge in [0.05, 0.1) is 13.1 Å². The van der Waals surface area contributed by atoms with Crippen LogP contribution in [0.1, 0.15) is 25.0 Å². The van der Waals surface area contributed by atoms with Gasteiger partial charge in [-0.3, -0.25) is 9.59 Å². The molecule has 0 bridgehead atoms. The van der Waals surface area contributed by atoms with Crippen LogP contribution in [0, 0.1) is 0 Å². The molecule has 0 aliphatic carbocycles. The number of aryl methyl sites for hydroxylation is 1. The van der Waals surface area contributed by atoms with Gasteiger partial charge in [0, 0.05) is 26.9 Å². The van der Waals surface area contributed by atoms with Crippen LogP contribution in [0.5, 0.6) is 0 Å². The van der Waals surface area contributed by atoms with Gasteiger partial charge in [-0.25, -0.2) is 0 Å². The van der Waals surface area contributed by atoms with Crippen LogP contribution in [0.4, 0.5) is 0 Å². The number of hydrogen-bond donors (Lipinski definition) is 1. The van der Waals surface area contributed by atoms with Crippen molar-refractivity contribution in [3.8, 4) is 0 Å². The fourth-order valence-corrected chi connectivity index (χ4v) is 1.96. The van der Waals surface area contributed by atoms with Crippen molar-refractivity contribution >= 4 is 11.8 Å². The standard InChI is InChI=1S/C11H17N5O2/c1-8(17)12-6-11(18)15(2)7-10-14-13-9-4-3-5-16(9)10/h3-7H2,1-2H3,(H,12,17). The number of fused-ring (bicyclic) bond motifs is 1. The topological polar surface area (TPSA) is 80.1 Å². The molecule has 0 fully saturated rings. The van der Waals surface area contributed by atoms with Crippen molar-refractivity contribution < 1.29 is 9.59 Å². The molecule has 18 heavy (non-hydrogen) atoms. The van der Waals surface area contributed by atoms with Crippen molar-refractivity contribution in [3.63, 3.8) is 0 Å². The van der Waals surface area contributed by atoms with Crippen molar-refractivity contribution in [3.05, 3.63) is 11.6 Å². The molecule has 0 saturated carbocycles. The Morgan fingerprint density at radius 2 is 2.22 bits per heavy atom. The fraction of sp³-hybridized carbons (Fsp3) is 0.636. The summed E-state index contributed by atoms with van der Waals surface area (Å²) in [6, 6.07) is 0. The Balaban J connectivity index is 1.92. The predicted octanol–water partition coefficient (Wildman–Crippen LogP) is -0.681. The molecule has 0 aromatic carbocycles. The van der Waals surface area contributed by atoms with Gasteiger partial charge >= 0.3 is 0 Å². The molecule has 0 radical (unpaired) electrons. The largest absolute Gasteiger partial charge is 0.347 e. The molecular formula is C11H17N5O2. The Kier molecular flexibility index (Phi) is 3.59. The number of carbonyl (C=O) groups is 2. The Bertz CT molecular complexity index is 468. The number of hydrogen-bond acceptors (Lipinski definition) is 4. The highest BCUT2D eigenvalue weighted by Gasteiger charge is 2.19. The third kappa shape index (κ3) is 2.66. The van der Waals surface area contributed by atoms with Gasteiger partial charge in [-0.2, -0.15) is 0 Å². The van der Waals surface area contributed by atoms with Gasteiger partial charge in [0.1, 0.15) is 5.82 Å². The van der Waals surface area contributed by atoms with E-state index in [9.17, 15) is 9.59 Å². The molecule has 1 N–H and O–H groups in total. The van der Waals surface area contributed by atoms with Crippen molar-refractivity contribution in [2.24, 2.45) is 0 Å². The first-order chi connectivity index (χ1) is 8.58. The fourth-order valence-electron chi connectivity index (χ4n) is 1.96. The smallest absolute Gasteiger partial charge is 0.242 e. The summed E-state index contributed by atoms with van der Waals surface area (Å²) in [7, 11) is 1.70. The van der Waals surface area contributed by atoms with Gasteiger partial charge in [-0.05, 0) is 6.42 Å². The Hall–Kier alpha value is -1.92. The van der Waals surface area contributed by atoms with Gasteiger partial charge in [-0.15, -0.1) is 10.2 Å². The SMILES string of the molecule is CC(=O)NCC(=O)N(C)Cc1nnc2n1CCC2. The summed E-state index contributed by atoms with van der Waals surface area (Å²) in [5.74, 6) is 1.45. The Morgan fingerprint density at radius 3 is 2.94 bits per heavy atom. The van der Waals surface area contributed by atoms with Crippen LogP contribution < -0.4 is 5.32 Å². The minimum absolute atomic E-state index is 0.0207. The zero-order valence-electron chi connectivity index (χ0n) is 10.6. The molecule has 1 aromatic heterocycles. The lowest BCUT2D eigenvalue weighted by atomic mass is 10.4. The van der Waals surface area contributed by atoms with E-state index in [2.05, 4.69) is 20.1 Å². The highest BCUT2D eigenvalue weighted by molar-refractivity contribution is 5.83. The van der Waals surface area contributed by atoms with E-state index >= 15 is 0 Å². The minimum atomic E-state index is -0.208. The van der Waals surface area contributed by atoms with Crippen molar-refractivity contribution in [2.75, 3.05) is 13.6 Å². The monoisotopic (exact) mass is 251 g/mol. The van der Waals surface area contributed by atoms with E-state index in [1.165, 1.54) is 6.92 Å². The number of likely N-dealkylation sites (N-methyl/N-ethyl adjacent to an activating group) is 1. The maximum absolute atomic E-state index is 11.7. The molecule has 7 heteroatoms. The summed E-state index contributed by atoms with van der Waals surface area (Å²) >= 11 is 0. The first kappa shape index (κ1) is 12.5. The van der Waals surface area contributed by atoms with E-state index in [0.29, 0.717) is 6.54 Å². The Morgan fingerprint density at radius 1 is 1.44 bits per heavy atom. The molecule has 2 rings (SSSR count). The molecule has 1 aliphatic rings. The van der Waals surface area contributed by atoms with Crippen LogP contribution >= 0.6 is 0 Å². The number of nitrogens with one attached hydrogen (secondary N) is 1. The molecule has 2 heterocycles. The summed E-state index contributed by atoms with van der Waals surface area (Å²) < 4.78 is 2.06. The van der Waals surface area contributed by atoms with Crippen LogP contribution in [0.15, 0.2) is 0 Å². The number of aromatic nitrogens is 3. The molecule has 98 valence electrons. The molecular weight excluding hydrogens is 234 g/mol. The molecule has 0 saturated heterocycles. The van der Waals surface area contributed by atoms with Gasteiger partial charge in [0.2, 0.25) is 11.8 Å². The average molecular weight is 251 g/mol. The van der Waals surface area contributed by atoms with Crippen molar-refractivity contribution in [2.45, 2.75) is 32.9 Å². The number of nitrogens with zero attached hydrogens (tertiary/aromatic N) is 4. The molecule has 2 amide bonds. The highest BCUT2D eigenvalue weighted by Crippen LogP contribution is 2.14. The van der Waals surface area contributed by atoms with E-state index in [-0.39, 0.29) is 18.4 Å². The lowest BCUT2D eigenvalue weighted by Gasteiger charge is -2.16. The first-order valence-electron chi connectivity index (χ1n) is 5.97. The van der Waals surface area contributed by atoms with Crippen molar-refractivity contribution in [1.82, 2.24) is 25.0 Å². The number of carbonyl (C=O) groups excluding carboxylic acids is 2. The molecule has 1 aromatic rings. The number of rotatable bonds is 4. The van der Waals surface area contributed by atoms with Gasteiger partial charge in [0.15, 0.2) is 5.82 Å². The second-order valence-electron chi connectivity index (χ2n) is 4.45. The van der Waals surface area contributed by atoms with Gasteiger partial charge < -0.3 is 14.8 Å². The summed E-state index contributed by atoms with van der Waals surface area (Å²) in [5, 5.41) is 10.7. The lowest BCUT2D eigenvalue weighted by Crippen LogP contribution is -2.37. The van der Waals surface area contributed by atoms with E-state index in [1.807, 2.05) is 0 Å². The van der Waals surface area contributed by atoms with Crippen LogP contribution in [0.25, 0.3) is 0 Å². The van der Waals surface area contributed by atoms with Crippen LogP contribution in [0.2, 0.25) is 0 Å². The summed E-state index contributed by atoms with van der Waals surface area (Å²) in [5.41, 5.74) is 0. The predicted molar refractivity (Wildman–Crippen MR) is 63.5 cm³/mol. The first-order valence-corrected chi connectivity index (χ1v) is 5.97. The minimum Gasteiger partial charge on any atom is -0.347 e. The van der Waals surface area contributed by atoms with E-state index in [0.717, 1.165) is 31.0 Å². The normalized spacial score (nSPS) is 13.2. The number of amides is 2. The quantitative estimate of drug-likeness (QED) is 0.768. The highest BCUT2D eigenvalue weighted by atomic mass is 16.2. The molecule has 0 spiro atoms. The summed E-state index contributed by atoms with van der Waals surface area (Å²) in [6.45, 7) is 2.75. The van der Waals surface area contributed by atoms with E-state index in [1.54, 1.807) is 11.9 Å². The second-order valence-corrected chi connectivity index (χ2v) is 4.45. The average Bonchev–Trinajstić information content (AvgIpc) is 2.90. The zero-order chi connectivity index (χ0) is 13.1. The van der Waals surface area contributed by atoms with Gasteiger partial charge in [0.25, 0.3) is 0 Å². The van der Waals surface area contributed by atoms with Crippen molar-refractivity contribution in [1.29, 1.82) is 0 Å².